The number of nitrogens with zero attached hydrogens (tertiary/aromatic N) is 1. The molecule has 0 atom stereocenters. The summed E-state index contributed by atoms with van der Waals surface area (Å²) < 4.78 is 4.93. The van der Waals surface area contributed by atoms with Gasteiger partial charge in [-0.25, -0.2) is 0 Å². The van der Waals surface area contributed by atoms with Gasteiger partial charge in [0.05, 0.1) is 6.20 Å². The van der Waals surface area contributed by atoms with Gasteiger partial charge in [-0.15, -0.1) is 0 Å². The number of rotatable bonds is 4. The van der Waals surface area contributed by atoms with Crippen molar-refractivity contribution in [3.05, 3.63) is 17.5 Å². The Bertz CT molecular complexity index is 230. The number of nitrogens with one attached hydrogen (secondary N) is 1. The van der Waals surface area contributed by atoms with Crippen molar-refractivity contribution in [3.63, 3.8) is 0 Å². The molecule has 1 heterocycles. The first-order valence-corrected chi connectivity index (χ1v) is 4.31. The van der Waals surface area contributed by atoms with E-state index in [0.29, 0.717) is 5.92 Å². The van der Waals surface area contributed by atoms with E-state index in [1.807, 2.05) is 6.92 Å². The first kappa shape index (κ1) is 9.26. The second-order valence-electron chi connectivity index (χ2n) is 3.43. The third kappa shape index (κ3) is 2.66. The zero-order valence-corrected chi connectivity index (χ0v) is 7.92. The Kier molecular flexibility index (Phi) is 3.29. The van der Waals surface area contributed by atoms with E-state index in [4.69, 9.17) is 4.52 Å². The molecule has 0 bridgehead atoms. The van der Waals surface area contributed by atoms with Crippen LogP contribution in [0.1, 0.15) is 25.2 Å². The van der Waals surface area contributed by atoms with Gasteiger partial charge in [0.25, 0.3) is 0 Å². The summed E-state index contributed by atoms with van der Waals surface area (Å²) in [5.41, 5.74) is 1.15. The van der Waals surface area contributed by atoms with Crippen LogP contribution >= 0.6 is 0 Å². The Hall–Kier alpha value is -0.830. The van der Waals surface area contributed by atoms with E-state index in [9.17, 15) is 0 Å². The minimum atomic E-state index is 0.685. The molecule has 0 amide bonds. The first-order chi connectivity index (χ1) is 5.70. The average molecular weight is 168 g/mol. The molecule has 0 aromatic carbocycles. The lowest BCUT2D eigenvalue weighted by Gasteiger charge is -2.05. The second kappa shape index (κ2) is 4.26. The van der Waals surface area contributed by atoms with Gasteiger partial charge in [0, 0.05) is 12.1 Å². The lowest BCUT2D eigenvalue weighted by molar-refractivity contribution is 0.395. The molecule has 0 unspecified atom stereocenters. The lowest BCUT2D eigenvalue weighted by atomic mass is 10.2. The van der Waals surface area contributed by atoms with E-state index in [2.05, 4.69) is 24.3 Å². The van der Waals surface area contributed by atoms with Crippen LogP contribution in [0, 0.1) is 12.8 Å². The van der Waals surface area contributed by atoms with Crippen molar-refractivity contribution in [3.8, 4) is 0 Å². The Morgan fingerprint density at radius 2 is 2.33 bits per heavy atom. The smallest absolute Gasteiger partial charge is 0.138 e. The molecular weight excluding hydrogens is 152 g/mol. The minimum absolute atomic E-state index is 0.685. The highest BCUT2D eigenvalue weighted by Crippen LogP contribution is 2.04. The summed E-state index contributed by atoms with van der Waals surface area (Å²) in [7, 11) is 0. The number of hydrogen-bond acceptors (Lipinski definition) is 3. The Labute approximate surface area is 73.1 Å². The normalized spacial score (nSPS) is 11.0. The maximum Gasteiger partial charge on any atom is 0.138 e. The molecule has 0 saturated carbocycles. The predicted molar refractivity (Wildman–Crippen MR) is 47.8 cm³/mol. The molecule has 68 valence electrons. The summed E-state index contributed by atoms with van der Waals surface area (Å²) in [6.45, 7) is 8.19. The molecule has 0 spiro atoms. The lowest BCUT2D eigenvalue weighted by Crippen LogP contribution is -2.18. The van der Waals surface area contributed by atoms with Crippen LogP contribution in [0.3, 0.4) is 0 Å². The van der Waals surface area contributed by atoms with Crippen molar-refractivity contribution < 1.29 is 4.52 Å². The van der Waals surface area contributed by atoms with E-state index in [1.165, 1.54) is 0 Å². The van der Waals surface area contributed by atoms with Gasteiger partial charge < -0.3 is 9.84 Å². The molecule has 1 aromatic heterocycles. The van der Waals surface area contributed by atoms with Gasteiger partial charge in [0.2, 0.25) is 0 Å². The molecule has 3 heteroatoms. The standard InChI is InChI=1S/C9H16N2O/c1-7(2)4-10-5-9-6-11-12-8(9)3/h6-7,10H,4-5H2,1-3H3. The van der Waals surface area contributed by atoms with E-state index in [-0.39, 0.29) is 0 Å². The first-order valence-electron chi connectivity index (χ1n) is 4.31. The fourth-order valence-corrected chi connectivity index (χ4v) is 0.984. The van der Waals surface area contributed by atoms with Crippen LogP contribution in [-0.4, -0.2) is 11.7 Å². The topological polar surface area (TPSA) is 38.1 Å². The van der Waals surface area contributed by atoms with E-state index >= 15 is 0 Å². The molecule has 0 aliphatic carbocycles. The quantitative estimate of drug-likeness (QED) is 0.744. The number of hydrogen-bond donors (Lipinski definition) is 1. The average Bonchev–Trinajstić information content (AvgIpc) is 2.36. The van der Waals surface area contributed by atoms with Gasteiger partial charge >= 0.3 is 0 Å². The highest BCUT2D eigenvalue weighted by molar-refractivity contribution is 5.10. The fraction of sp³-hybridized carbons (Fsp3) is 0.667. The molecule has 0 saturated heterocycles. The molecule has 1 N–H and O–H groups in total. The Balaban J connectivity index is 2.29. The van der Waals surface area contributed by atoms with Crippen molar-refractivity contribution in [1.82, 2.24) is 10.5 Å². The summed E-state index contributed by atoms with van der Waals surface area (Å²) in [6, 6.07) is 0. The third-order valence-corrected chi connectivity index (χ3v) is 1.72. The van der Waals surface area contributed by atoms with Crippen LogP contribution in [-0.2, 0) is 6.54 Å². The molecule has 1 rings (SSSR count). The van der Waals surface area contributed by atoms with Crippen LogP contribution in [0.4, 0.5) is 0 Å². The summed E-state index contributed by atoms with van der Waals surface area (Å²) in [4.78, 5) is 0. The summed E-state index contributed by atoms with van der Waals surface area (Å²) in [5.74, 6) is 1.59. The van der Waals surface area contributed by atoms with Crippen molar-refractivity contribution in [2.75, 3.05) is 6.54 Å². The Morgan fingerprint density at radius 1 is 1.58 bits per heavy atom. The molecule has 0 aliphatic heterocycles. The molecule has 0 aliphatic rings. The highest BCUT2D eigenvalue weighted by atomic mass is 16.5. The zero-order valence-electron chi connectivity index (χ0n) is 7.92. The molecular formula is C9H16N2O. The van der Waals surface area contributed by atoms with Gasteiger partial charge in [-0.1, -0.05) is 19.0 Å². The molecule has 0 radical (unpaired) electrons. The second-order valence-corrected chi connectivity index (χ2v) is 3.43. The highest BCUT2D eigenvalue weighted by Gasteiger charge is 2.01. The van der Waals surface area contributed by atoms with Crippen LogP contribution in [0.25, 0.3) is 0 Å². The molecule has 1 aromatic rings. The fourth-order valence-electron chi connectivity index (χ4n) is 0.984. The number of aromatic nitrogens is 1. The van der Waals surface area contributed by atoms with Crippen molar-refractivity contribution in [2.24, 2.45) is 5.92 Å². The maximum atomic E-state index is 4.93. The van der Waals surface area contributed by atoms with Crippen LogP contribution < -0.4 is 5.32 Å². The third-order valence-electron chi connectivity index (χ3n) is 1.72. The summed E-state index contributed by atoms with van der Waals surface area (Å²) >= 11 is 0. The van der Waals surface area contributed by atoms with E-state index in [0.717, 1.165) is 24.4 Å². The van der Waals surface area contributed by atoms with Crippen LogP contribution in [0.15, 0.2) is 10.7 Å². The van der Waals surface area contributed by atoms with Gasteiger partial charge in [0.15, 0.2) is 0 Å². The minimum Gasteiger partial charge on any atom is -0.361 e. The van der Waals surface area contributed by atoms with Crippen molar-refractivity contribution in [2.45, 2.75) is 27.3 Å². The predicted octanol–water partition coefficient (Wildman–Crippen LogP) is 1.73. The van der Waals surface area contributed by atoms with Crippen molar-refractivity contribution in [1.29, 1.82) is 0 Å². The van der Waals surface area contributed by atoms with Gasteiger partial charge in [-0.05, 0) is 19.4 Å². The van der Waals surface area contributed by atoms with E-state index < -0.39 is 0 Å². The van der Waals surface area contributed by atoms with Gasteiger partial charge in [0.1, 0.15) is 5.76 Å². The molecule has 12 heavy (non-hydrogen) atoms. The number of aryl methyl sites for hydroxylation is 1. The van der Waals surface area contributed by atoms with Gasteiger partial charge in [-0.2, -0.15) is 0 Å². The van der Waals surface area contributed by atoms with Crippen LogP contribution in [0.5, 0.6) is 0 Å². The molecule has 0 fully saturated rings. The van der Waals surface area contributed by atoms with Crippen LogP contribution in [0.2, 0.25) is 0 Å². The van der Waals surface area contributed by atoms with E-state index in [1.54, 1.807) is 6.20 Å². The summed E-state index contributed by atoms with van der Waals surface area (Å²) in [5, 5.41) is 7.03. The Morgan fingerprint density at radius 3 is 2.83 bits per heavy atom. The molecule has 3 nitrogen and oxygen atoms in total. The summed E-state index contributed by atoms with van der Waals surface area (Å²) in [6.07, 6.45) is 1.77. The largest absolute Gasteiger partial charge is 0.361 e. The van der Waals surface area contributed by atoms with Crippen molar-refractivity contribution >= 4 is 0 Å². The maximum absolute atomic E-state index is 4.93. The van der Waals surface area contributed by atoms with Gasteiger partial charge in [-0.3, -0.25) is 0 Å². The monoisotopic (exact) mass is 168 g/mol. The zero-order chi connectivity index (χ0) is 8.97. The SMILES string of the molecule is Cc1oncc1CNCC(C)C.